The molecule has 0 radical (unpaired) electrons. The number of aromatic amines is 1. The predicted octanol–water partition coefficient (Wildman–Crippen LogP) is 3.19. The van der Waals surface area contributed by atoms with E-state index in [9.17, 15) is 4.79 Å². The van der Waals surface area contributed by atoms with Crippen LogP contribution in [-0.2, 0) is 11.2 Å². The van der Waals surface area contributed by atoms with Gasteiger partial charge < -0.3 is 10.1 Å². The summed E-state index contributed by atoms with van der Waals surface area (Å²) >= 11 is 3.47. The maximum absolute atomic E-state index is 10.8. The van der Waals surface area contributed by atoms with Gasteiger partial charge in [-0.3, -0.25) is 4.79 Å². The fourth-order valence-corrected chi connectivity index (χ4v) is 2.39. The van der Waals surface area contributed by atoms with E-state index in [0.717, 1.165) is 20.9 Å². The highest BCUT2D eigenvalue weighted by Crippen LogP contribution is 2.28. The van der Waals surface area contributed by atoms with Gasteiger partial charge in [0.05, 0.1) is 5.92 Å². The summed E-state index contributed by atoms with van der Waals surface area (Å²) in [5, 5.41) is 10.00. The van der Waals surface area contributed by atoms with Crippen molar-refractivity contribution in [3.63, 3.8) is 0 Å². The molecule has 84 valence electrons. The second-order valence-corrected chi connectivity index (χ2v) is 4.77. The van der Waals surface area contributed by atoms with Crippen LogP contribution in [-0.4, -0.2) is 16.1 Å². The molecule has 0 amide bonds. The number of hydrogen-bond acceptors (Lipinski definition) is 1. The molecule has 0 spiro atoms. The second-order valence-electron chi connectivity index (χ2n) is 3.92. The van der Waals surface area contributed by atoms with E-state index in [0.29, 0.717) is 6.42 Å². The Balaban J connectivity index is 2.44. The Labute approximate surface area is 102 Å². The standard InChI is InChI=1S/C12H12BrNO2/c1-7(12(15)16)5-8-3-2-4-10-11(8)9(13)6-14-10/h2-4,6-7,14H,5H2,1H3,(H,15,16). The van der Waals surface area contributed by atoms with Crippen molar-refractivity contribution in [3.8, 4) is 0 Å². The van der Waals surface area contributed by atoms with Crippen molar-refractivity contribution in [2.75, 3.05) is 0 Å². The Hall–Kier alpha value is -1.29. The molecule has 0 aliphatic carbocycles. The largest absolute Gasteiger partial charge is 0.481 e. The van der Waals surface area contributed by atoms with Crippen LogP contribution in [0.15, 0.2) is 28.9 Å². The summed E-state index contributed by atoms with van der Waals surface area (Å²) in [4.78, 5) is 14.0. The fourth-order valence-electron chi connectivity index (χ4n) is 1.80. The van der Waals surface area contributed by atoms with E-state index in [1.807, 2.05) is 24.4 Å². The van der Waals surface area contributed by atoms with Crippen molar-refractivity contribution in [1.29, 1.82) is 0 Å². The Bertz CT molecular complexity index is 533. The zero-order valence-corrected chi connectivity index (χ0v) is 10.4. The van der Waals surface area contributed by atoms with Gasteiger partial charge in [-0.2, -0.15) is 0 Å². The molecule has 1 unspecified atom stereocenters. The summed E-state index contributed by atoms with van der Waals surface area (Å²) in [5.41, 5.74) is 2.09. The molecule has 1 aromatic heterocycles. The molecule has 2 N–H and O–H groups in total. The number of carbonyl (C=O) groups is 1. The van der Waals surface area contributed by atoms with Gasteiger partial charge in [-0.1, -0.05) is 19.1 Å². The van der Waals surface area contributed by atoms with E-state index in [-0.39, 0.29) is 5.92 Å². The molecule has 2 rings (SSSR count). The first kappa shape index (κ1) is 11.2. The molecule has 1 atom stereocenters. The zero-order chi connectivity index (χ0) is 11.7. The van der Waals surface area contributed by atoms with Gasteiger partial charge in [0.1, 0.15) is 0 Å². The lowest BCUT2D eigenvalue weighted by Crippen LogP contribution is -2.12. The van der Waals surface area contributed by atoms with Crippen LogP contribution in [0.25, 0.3) is 10.9 Å². The molecule has 0 fully saturated rings. The van der Waals surface area contributed by atoms with Crippen LogP contribution in [0.3, 0.4) is 0 Å². The highest BCUT2D eigenvalue weighted by molar-refractivity contribution is 9.10. The molecular weight excluding hydrogens is 270 g/mol. The molecule has 3 nitrogen and oxygen atoms in total. The summed E-state index contributed by atoms with van der Waals surface area (Å²) in [5.74, 6) is -1.13. The van der Waals surface area contributed by atoms with Crippen LogP contribution in [0.4, 0.5) is 0 Å². The van der Waals surface area contributed by atoms with E-state index < -0.39 is 5.97 Å². The maximum Gasteiger partial charge on any atom is 0.306 e. The lowest BCUT2D eigenvalue weighted by Gasteiger charge is -2.07. The van der Waals surface area contributed by atoms with Gasteiger partial charge >= 0.3 is 5.97 Å². The number of fused-ring (bicyclic) bond motifs is 1. The number of H-pyrrole nitrogens is 1. The third-order valence-corrected chi connectivity index (χ3v) is 3.32. The van der Waals surface area contributed by atoms with Gasteiger partial charge in [0.25, 0.3) is 0 Å². The molecule has 0 saturated heterocycles. The number of hydrogen-bond donors (Lipinski definition) is 2. The average Bonchev–Trinajstić information content (AvgIpc) is 2.61. The first-order valence-corrected chi connectivity index (χ1v) is 5.86. The lowest BCUT2D eigenvalue weighted by molar-refractivity contribution is -0.141. The SMILES string of the molecule is CC(Cc1cccc2[nH]cc(Br)c12)C(=O)O. The predicted molar refractivity (Wildman–Crippen MR) is 66.5 cm³/mol. The number of rotatable bonds is 3. The number of halogens is 1. The van der Waals surface area contributed by atoms with Gasteiger partial charge in [-0.05, 0) is 34.0 Å². The second kappa shape index (κ2) is 4.29. The number of nitrogens with one attached hydrogen (secondary N) is 1. The molecular formula is C12H12BrNO2. The number of carboxylic acid groups (broad SMARTS) is 1. The van der Waals surface area contributed by atoms with E-state index in [1.165, 1.54) is 0 Å². The van der Waals surface area contributed by atoms with Crippen LogP contribution in [0.2, 0.25) is 0 Å². The maximum atomic E-state index is 10.8. The summed E-state index contributed by atoms with van der Waals surface area (Å²) in [6, 6.07) is 5.89. The van der Waals surface area contributed by atoms with Crippen molar-refractivity contribution >= 4 is 32.8 Å². The van der Waals surface area contributed by atoms with E-state index in [4.69, 9.17) is 5.11 Å². The van der Waals surface area contributed by atoms with Crippen molar-refractivity contribution in [1.82, 2.24) is 4.98 Å². The minimum atomic E-state index is -0.760. The molecule has 0 aliphatic heterocycles. The Morgan fingerprint density at radius 3 is 3.00 bits per heavy atom. The molecule has 1 aromatic carbocycles. The molecule has 0 saturated carbocycles. The van der Waals surface area contributed by atoms with Crippen molar-refractivity contribution in [2.45, 2.75) is 13.3 Å². The van der Waals surface area contributed by atoms with Gasteiger partial charge in [-0.25, -0.2) is 0 Å². The molecule has 0 bridgehead atoms. The summed E-state index contributed by atoms with van der Waals surface area (Å²) in [6.07, 6.45) is 2.42. The number of aromatic nitrogens is 1. The third-order valence-electron chi connectivity index (χ3n) is 2.69. The zero-order valence-electron chi connectivity index (χ0n) is 8.83. The number of benzene rings is 1. The molecule has 4 heteroatoms. The van der Waals surface area contributed by atoms with E-state index >= 15 is 0 Å². The van der Waals surface area contributed by atoms with Crippen molar-refractivity contribution in [2.24, 2.45) is 5.92 Å². The summed E-state index contributed by atoms with van der Waals surface area (Å²) < 4.78 is 0.982. The van der Waals surface area contributed by atoms with Gasteiger partial charge in [0.15, 0.2) is 0 Å². The number of aliphatic carboxylic acids is 1. The third kappa shape index (κ3) is 1.97. The fraction of sp³-hybridized carbons (Fsp3) is 0.250. The lowest BCUT2D eigenvalue weighted by atomic mass is 9.98. The highest BCUT2D eigenvalue weighted by atomic mass is 79.9. The van der Waals surface area contributed by atoms with Crippen molar-refractivity contribution < 1.29 is 9.90 Å². The Morgan fingerprint density at radius 2 is 2.31 bits per heavy atom. The van der Waals surface area contributed by atoms with Crippen LogP contribution < -0.4 is 0 Å². The normalized spacial score (nSPS) is 12.9. The first-order valence-electron chi connectivity index (χ1n) is 5.07. The van der Waals surface area contributed by atoms with Gasteiger partial charge in [0, 0.05) is 21.6 Å². The first-order chi connectivity index (χ1) is 7.59. The van der Waals surface area contributed by atoms with Gasteiger partial charge in [0.2, 0.25) is 0 Å². The molecule has 0 aliphatic rings. The minimum absolute atomic E-state index is 0.368. The van der Waals surface area contributed by atoms with Crippen molar-refractivity contribution in [3.05, 3.63) is 34.4 Å². The number of carboxylic acids is 1. The summed E-state index contributed by atoms with van der Waals surface area (Å²) in [7, 11) is 0. The highest BCUT2D eigenvalue weighted by Gasteiger charge is 2.14. The molecule has 2 aromatic rings. The van der Waals surface area contributed by atoms with E-state index in [2.05, 4.69) is 20.9 Å². The van der Waals surface area contributed by atoms with Crippen LogP contribution in [0.1, 0.15) is 12.5 Å². The quantitative estimate of drug-likeness (QED) is 0.908. The van der Waals surface area contributed by atoms with Gasteiger partial charge in [-0.15, -0.1) is 0 Å². The Kier molecular flexibility index (Phi) is 3.01. The minimum Gasteiger partial charge on any atom is -0.481 e. The average molecular weight is 282 g/mol. The monoisotopic (exact) mass is 281 g/mol. The molecule has 1 heterocycles. The van der Waals surface area contributed by atoms with Crippen LogP contribution in [0.5, 0.6) is 0 Å². The molecule has 16 heavy (non-hydrogen) atoms. The summed E-state index contributed by atoms with van der Waals surface area (Å²) in [6.45, 7) is 1.72. The smallest absolute Gasteiger partial charge is 0.306 e. The van der Waals surface area contributed by atoms with Crippen LogP contribution >= 0.6 is 15.9 Å². The van der Waals surface area contributed by atoms with Crippen LogP contribution in [0, 0.1) is 5.92 Å². The topological polar surface area (TPSA) is 53.1 Å². The van der Waals surface area contributed by atoms with E-state index in [1.54, 1.807) is 6.92 Å². The Morgan fingerprint density at radius 1 is 1.56 bits per heavy atom.